The Balaban J connectivity index is 1.51. The van der Waals surface area contributed by atoms with Gasteiger partial charge in [-0.15, -0.1) is 22.7 Å². The highest BCUT2D eigenvalue weighted by Gasteiger charge is 2.22. The third-order valence-corrected chi connectivity index (χ3v) is 7.05. The number of nitrogens with one attached hydrogen (secondary N) is 1. The Labute approximate surface area is 167 Å². The molecule has 3 aromatic rings. The van der Waals surface area contributed by atoms with Crippen molar-refractivity contribution in [1.29, 1.82) is 0 Å². The maximum absolute atomic E-state index is 12.9. The third-order valence-electron chi connectivity index (χ3n) is 5.19. The van der Waals surface area contributed by atoms with Crippen molar-refractivity contribution in [3.8, 4) is 0 Å². The smallest absolute Gasteiger partial charge is 0.259 e. The number of carbonyl (C=O) groups excluding carboxylic acids is 1. The number of thiophene rings is 1. The summed E-state index contributed by atoms with van der Waals surface area (Å²) in [5, 5.41) is 5.83. The minimum Gasteiger partial charge on any atom is -0.343 e. The van der Waals surface area contributed by atoms with Crippen LogP contribution in [0.25, 0.3) is 0 Å². The van der Waals surface area contributed by atoms with Gasteiger partial charge in [-0.2, -0.15) is 0 Å². The second-order valence-corrected chi connectivity index (χ2v) is 9.03. The molecule has 0 saturated heterocycles. The molecule has 1 aliphatic rings. The first kappa shape index (κ1) is 18.4. The molecule has 0 radical (unpaired) electrons. The number of fused-ring (bicyclic) bond motifs is 1. The summed E-state index contributed by atoms with van der Waals surface area (Å²) in [5.74, 6) is -0.0704. The highest BCUT2D eigenvalue weighted by atomic mass is 32.1. The van der Waals surface area contributed by atoms with E-state index in [1.54, 1.807) is 22.7 Å². The van der Waals surface area contributed by atoms with E-state index in [0.29, 0.717) is 5.13 Å². The molecule has 0 aromatic carbocycles. The zero-order chi connectivity index (χ0) is 19.0. The topological polar surface area (TPSA) is 50.2 Å². The van der Waals surface area contributed by atoms with Gasteiger partial charge in [0.15, 0.2) is 5.13 Å². The first-order chi connectivity index (χ1) is 13.0. The molecule has 1 amide bonds. The van der Waals surface area contributed by atoms with Crippen molar-refractivity contribution in [2.75, 3.05) is 18.4 Å². The Morgan fingerprint density at radius 1 is 1.37 bits per heavy atom. The molecule has 27 heavy (non-hydrogen) atoms. The van der Waals surface area contributed by atoms with Crippen LogP contribution in [0, 0.1) is 13.8 Å². The maximum Gasteiger partial charge on any atom is 0.259 e. The van der Waals surface area contributed by atoms with Crippen LogP contribution in [0.15, 0.2) is 23.6 Å². The lowest BCUT2D eigenvalue weighted by molar-refractivity contribution is 0.102. The lowest BCUT2D eigenvalue weighted by Crippen LogP contribution is -2.29. The summed E-state index contributed by atoms with van der Waals surface area (Å²) >= 11 is 3.35. The number of aryl methyl sites for hydroxylation is 1. The van der Waals surface area contributed by atoms with Crippen LogP contribution in [-0.2, 0) is 19.5 Å². The van der Waals surface area contributed by atoms with Gasteiger partial charge in [-0.3, -0.25) is 15.0 Å². The van der Waals surface area contributed by atoms with Gasteiger partial charge in [0.25, 0.3) is 5.91 Å². The van der Waals surface area contributed by atoms with E-state index in [1.807, 2.05) is 13.0 Å². The molecular weight excluding hydrogens is 376 g/mol. The molecule has 0 atom stereocenters. The molecule has 0 bridgehead atoms. The molecule has 0 spiro atoms. The third kappa shape index (κ3) is 3.72. The van der Waals surface area contributed by atoms with E-state index in [1.165, 1.54) is 9.75 Å². The number of aromatic nitrogens is 2. The fourth-order valence-electron chi connectivity index (χ4n) is 3.57. The van der Waals surface area contributed by atoms with E-state index in [0.717, 1.165) is 55.2 Å². The van der Waals surface area contributed by atoms with Crippen LogP contribution in [0.3, 0.4) is 0 Å². The summed E-state index contributed by atoms with van der Waals surface area (Å²) in [6.07, 6.45) is 0.963. The fourth-order valence-corrected chi connectivity index (χ4v) is 5.31. The van der Waals surface area contributed by atoms with Crippen LogP contribution in [0.4, 0.5) is 5.13 Å². The van der Waals surface area contributed by atoms with Crippen molar-refractivity contribution in [2.24, 2.45) is 0 Å². The van der Waals surface area contributed by atoms with Gasteiger partial charge in [0, 0.05) is 40.7 Å². The SMILES string of the molecule is CCN1CCc2nc(NC(=O)c3cc(C)n(Cc4cccs4)c3C)sc2C1. The highest BCUT2D eigenvalue weighted by Crippen LogP contribution is 2.29. The maximum atomic E-state index is 12.9. The largest absolute Gasteiger partial charge is 0.343 e. The number of amides is 1. The van der Waals surface area contributed by atoms with Crippen LogP contribution < -0.4 is 5.32 Å². The van der Waals surface area contributed by atoms with Gasteiger partial charge in [-0.25, -0.2) is 4.98 Å². The monoisotopic (exact) mass is 400 g/mol. The molecule has 4 rings (SSSR count). The minimum atomic E-state index is -0.0704. The molecule has 0 saturated carbocycles. The van der Waals surface area contributed by atoms with Crippen LogP contribution in [-0.4, -0.2) is 33.4 Å². The molecule has 0 unspecified atom stereocenters. The quantitative estimate of drug-likeness (QED) is 0.695. The van der Waals surface area contributed by atoms with Crippen LogP contribution >= 0.6 is 22.7 Å². The molecule has 3 aromatic heterocycles. The number of thiazole rings is 1. The molecule has 1 aliphatic heterocycles. The zero-order valence-electron chi connectivity index (χ0n) is 15.9. The second-order valence-electron chi connectivity index (χ2n) is 6.91. The summed E-state index contributed by atoms with van der Waals surface area (Å²) < 4.78 is 2.20. The van der Waals surface area contributed by atoms with Gasteiger partial charge in [0.05, 0.1) is 17.8 Å². The molecule has 142 valence electrons. The number of nitrogens with zero attached hydrogens (tertiary/aromatic N) is 3. The number of carbonyl (C=O) groups is 1. The van der Waals surface area contributed by atoms with E-state index < -0.39 is 0 Å². The predicted molar refractivity (Wildman–Crippen MR) is 112 cm³/mol. The standard InChI is InChI=1S/C20H24N4OS2/c1-4-23-8-7-17-18(12-23)27-20(21-17)22-19(25)16-10-13(2)24(14(16)3)11-15-6-5-9-26-15/h5-6,9-10H,4,7-8,11-12H2,1-3H3,(H,21,22,25). The molecule has 0 aliphatic carbocycles. The zero-order valence-corrected chi connectivity index (χ0v) is 17.5. The summed E-state index contributed by atoms with van der Waals surface area (Å²) in [5.41, 5.74) is 3.97. The van der Waals surface area contributed by atoms with Gasteiger partial charge in [0.2, 0.25) is 0 Å². The van der Waals surface area contributed by atoms with Crippen LogP contribution in [0.5, 0.6) is 0 Å². The lowest BCUT2D eigenvalue weighted by atomic mass is 10.2. The predicted octanol–water partition coefficient (Wildman–Crippen LogP) is 4.30. The summed E-state index contributed by atoms with van der Waals surface area (Å²) in [4.78, 5) is 22.5. The van der Waals surface area contributed by atoms with Crippen LogP contribution in [0.2, 0.25) is 0 Å². The lowest BCUT2D eigenvalue weighted by Gasteiger charge is -2.23. The Morgan fingerprint density at radius 2 is 2.22 bits per heavy atom. The number of hydrogen-bond donors (Lipinski definition) is 1. The van der Waals surface area contributed by atoms with Crippen molar-refractivity contribution in [1.82, 2.24) is 14.5 Å². The van der Waals surface area contributed by atoms with E-state index in [4.69, 9.17) is 0 Å². The van der Waals surface area contributed by atoms with E-state index in [2.05, 4.69) is 51.1 Å². The number of hydrogen-bond acceptors (Lipinski definition) is 5. The molecule has 5 nitrogen and oxygen atoms in total. The van der Waals surface area contributed by atoms with Crippen molar-refractivity contribution in [2.45, 2.75) is 40.3 Å². The van der Waals surface area contributed by atoms with Crippen molar-refractivity contribution in [3.05, 3.63) is 56.0 Å². The van der Waals surface area contributed by atoms with Gasteiger partial charge >= 0.3 is 0 Å². The molecular formula is C20H24N4OS2. The van der Waals surface area contributed by atoms with E-state index in [9.17, 15) is 4.79 Å². The van der Waals surface area contributed by atoms with Gasteiger partial charge in [-0.1, -0.05) is 13.0 Å². The van der Waals surface area contributed by atoms with Gasteiger partial charge < -0.3 is 4.57 Å². The first-order valence-corrected chi connectivity index (χ1v) is 11.0. The summed E-state index contributed by atoms with van der Waals surface area (Å²) in [7, 11) is 0. The summed E-state index contributed by atoms with van der Waals surface area (Å²) in [6.45, 7) is 10.1. The molecule has 4 heterocycles. The van der Waals surface area contributed by atoms with Crippen molar-refractivity contribution >= 4 is 33.7 Å². The molecule has 0 fully saturated rings. The summed E-state index contributed by atoms with van der Waals surface area (Å²) in [6, 6.07) is 6.17. The normalized spacial score (nSPS) is 14.3. The number of anilines is 1. The van der Waals surface area contributed by atoms with E-state index >= 15 is 0 Å². The van der Waals surface area contributed by atoms with Gasteiger partial charge in [-0.05, 0) is 37.9 Å². The minimum absolute atomic E-state index is 0.0704. The van der Waals surface area contributed by atoms with Crippen molar-refractivity contribution < 1.29 is 4.79 Å². The second kappa shape index (κ2) is 7.58. The average Bonchev–Trinajstić information content (AvgIpc) is 3.36. The average molecular weight is 401 g/mol. The Morgan fingerprint density at radius 3 is 2.96 bits per heavy atom. The molecule has 1 N–H and O–H groups in total. The first-order valence-electron chi connectivity index (χ1n) is 9.26. The molecule has 7 heteroatoms. The Kier molecular flexibility index (Phi) is 5.16. The number of rotatable bonds is 5. The fraction of sp³-hybridized carbons (Fsp3) is 0.400. The Hall–Kier alpha value is -1.96. The van der Waals surface area contributed by atoms with E-state index in [-0.39, 0.29) is 5.91 Å². The van der Waals surface area contributed by atoms with Crippen molar-refractivity contribution in [3.63, 3.8) is 0 Å². The van der Waals surface area contributed by atoms with Crippen LogP contribution in [0.1, 0.15) is 44.1 Å². The Bertz CT molecular complexity index is 955. The van der Waals surface area contributed by atoms with Gasteiger partial charge in [0.1, 0.15) is 0 Å². The number of likely N-dealkylation sites (N-methyl/N-ethyl adjacent to an activating group) is 1. The highest BCUT2D eigenvalue weighted by molar-refractivity contribution is 7.15.